The molecule has 0 saturated carbocycles. The maximum absolute atomic E-state index is 10.5. The van der Waals surface area contributed by atoms with Crippen LogP contribution in [0.3, 0.4) is 0 Å². The first kappa shape index (κ1) is 11.5. The van der Waals surface area contributed by atoms with E-state index in [0.717, 1.165) is 33.8 Å². The molecule has 1 unspecified atom stereocenters. The monoisotopic (exact) mass is 303 g/mol. The van der Waals surface area contributed by atoms with E-state index in [1.165, 1.54) is 11.3 Å². The second kappa shape index (κ2) is 4.92. The lowest BCUT2D eigenvalue weighted by Crippen LogP contribution is -2.34. The summed E-state index contributed by atoms with van der Waals surface area (Å²) in [4.78, 5) is 10.5. The van der Waals surface area contributed by atoms with Crippen LogP contribution in [0.1, 0.15) is 24.3 Å². The van der Waals surface area contributed by atoms with Crippen molar-refractivity contribution in [2.75, 3.05) is 0 Å². The predicted molar refractivity (Wildman–Crippen MR) is 64.4 cm³/mol. The van der Waals surface area contributed by atoms with Crippen molar-refractivity contribution in [2.45, 2.75) is 25.3 Å². The fraction of sp³-hybridized carbons (Fsp3) is 0.444. The standard InChI is InChI=1S/C9H10BrN3O2S/c10-8-13-12-7(16-8)5-1-3-6(4-2-5)11-9(14)15/h1,6,11H,2-4H2,(H,14,15). The Morgan fingerprint density at radius 3 is 2.94 bits per heavy atom. The largest absolute Gasteiger partial charge is 0.465 e. The molecule has 0 bridgehead atoms. The number of hydrogen-bond donors (Lipinski definition) is 2. The Labute approximate surface area is 105 Å². The number of rotatable bonds is 2. The first-order chi connectivity index (χ1) is 7.65. The molecule has 1 aliphatic carbocycles. The van der Waals surface area contributed by atoms with Crippen LogP contribution in [0.15, 0.2) is 9.99 Å². The van der Waals surface area contributed by atoms with Gasteiger partial charge in [0, 0.05) is 6.04 Å². The Morgan fingerprint density at radius 1 is 1.62 bits per heavy atom. The molecular weight excluding hydrogens is 294 g/mol. The molecule has 1 aromatic heterocycles. The van der Waals surface area contributed by atoms with Crippen LogP contribution >= 0.6 is 27.3 Å². The summed E-state index contributed by atoms with van der Waals surface area (Å²) in [6, 6.07) is 0.0256. The Morgan fingerprint density at radius 2 is 2.44 bits per heavy atom. The first-order valence-corrected chi connectivity index (χ1v) is 6.44. The van der Waals surface area contributed by atoms with Gasteiger partial charge in [0.25, 0.3) is 0 Å². The van der Waals surface area contributed by atoms with E-state index in [-0.39, 0.29) is 6.04 Å². The predicted octanol–water partition coefficient (Wildman–Crippen LogP) is 2.50. The van der Waals surface area contributed by atoms with E-state index >= 15 is 0 Å². The van der Waals surface area contributed by atoms with Gasteiger partial charge in [-0.2, -0.15) is 0 Å². The van der Waals surface area contributed by atoms with E-state index in [1.54, 1.807) is 0 Å². The molecule has 1 aliphatic rings. The highest BCUT2D eigenvalue weighted by Gasteiger charge is 2.18. The van der Waals surface area contributed by atoms with Crippen LogP contribution < -0.4 is 5.32 Å². The lowest BCUT2D eigenvalue weighted by Gasteiger charge is -2.20. The van der Waals surface area contributed by atoms with Gasteiger partial charge in [-0.1, -0.05) is 17.4 Å². The summed E-state index contributed by atoms with van der Waals surface area (Å²) in [6.07, 6.45) is 3.46. The molecule has 7 heteroatoms. The molecule has 0 aliphatic heterocycles. The van der Waals surface area contributed by atoms with Crippen LogP contribution in [0.25, 0.3) is 5.57 Å². The van der Waals surface area contributed by atoms with Gasteiger partial charge >= 0.3 is 6.09 Å². The zero-order chi connectivity index (χ0) is 11.5. The van der Waals surface area contributed by atoms with Crippen molar-refractivity contribution in [3.63, 3.8) is 0 Å². The van der Waals surface area contributed by atoms with Crippen LogP contribution in [0.2, 0.25) is 0 Å². The number of carboxylic acid groups (broad SMARTS) is 1. The van der Waals surface area contributed by atoms with Crippen LogP contribution in [0, 0.1) is 0 Å². The van der Waals surface area contributed by atoms with Gasteiger partial charge in [0.05, 0.1) is 0 Å². The topological polar surface area (TPSA) is 75.1 Å². The van der Waals surface area contributed by atoms with Crippen molar-refractivity contribution in [1.29, 1.82) is 0 Å². The minimum Gasteiger partial charge on any atom is -0.465 e. The van der Waals surface area contributed by atoms with E-state index in [4.69, 9.17) is 5.11 Å². The second-order valence-corrected chi connectivity index (χ2v) is 5.76. The number of nitrogens with one attached hydrogen (secondary N) is 1. The third-order valence-electron chi connectivity index (χ3n) is 2.41. The molecule has 0 spiro atoms. The average Bonchev–Trinajstić information content (AvgIpc) is 2.65. The third-order valence-corrected chi connectivity index (χ3v) is 3.85. The van der Waals surface area contributed by atoms with Crippen molar-refractivity contribution in [2.24, 2.45) is 0 Å². The molecule has 1 aromatic rings. The molecule has 2 N–H and O–H groups in total. The lowest BCUT2D eigenvalue weighted by molar-refractivity contribution is 0.189. The van der Waals surface area contributed by atoms with Crippen LogP contribution in [0.5, 0.6) is 0 Å². The Balaban J connectivity index is 2.00. The normalized spacial score (nSPS) is 20.3. The molecule has 0 radical (unpaired) electrons. The summed E-state index contributed by atoms with van der Waals surface area (Å²) in [5.74, 6) is 0. The van der Waals surface area contributed by atoms with E-state index in [0.29, 0.717) is 0 Å². The maximum Gasteiger partial charge on any atom is 0.404 e. The van der Waals surface area contributed by atoms with Gasteiger partial charge in [-0.25, -0.2) is 4.79 Å². The zero-order valence-corrected chi connectivity index (χ0v) is 10.7. The van der Waals surface area contributed by atoms with Gasteiger partial charge in [-0.05, 0) is 40.8 Å². The highest BCUT2D eigenvalue weighted by molar-refractivity contribution is 9.11. The fourth-order valence-electron chi connectivity index (χ4n) is 1.67. The van der Waals surface area contributed by atoms with E-state index in [1.807, 2.05) is 6.08 Å². The number of hydrogen-bond acceptors (Lipinski definition) is 4. The van der Waals surface area contributed by atoms with Gasteiger partial charge in [0.2, 0.25) is 0 Å². The molecular formula is C9H10BrN3O2S. The van der Waals surface area contributed by atoms with Crippen molar-refractivity contribution in [3.05, 3.63) is 15.0 Å². The highest BCUT2D eigenvalue weighted by atomic mass is 79.9. The molecule has 0 fully saturated rings. The van der Waals surface area contributed by atoms with Gasteiger partial charge in [0.1, 0.15) is 5.01 Å². The average molecular weight is 304 g/mol. The van der Waals surface area contributed by atoms with E-state index in [9.17, 15) is 4.79 Å². The van der Waals surface area contributed by atoms with Crippen LogP contribution in [-0.2, 0) is 0 Å². The quantitative estimate of drug-likeness (QED) is 0.880. The lowest BCUT2D eigenvalue weighted by atomic mass is 9.96. The molecule has 1 atom stereocenters. The van der Waals surface area contributed by atoms with Crippen LogP contribution in [0.4, 0.5) is 4.79 Å². The number of nitrogens with zero attached hydrogens (tertiary/aromatic N) is 2. The Kier molecular flexibility index (Phi) is 3.55. The molecule has 16 heavy (non-hydrogen) atoms. The fourth-order valence-corrected chi connectivity index (χ4v) is 2.85. The summed E-state index contributed by atoms with van der Waals surface area (Å²) >= 11 is 4.77. The van der Waals surface area contributed by atoms with Gasteiger partial charge in [-0.15, -0.1) is 10.2 Å². The van der Waals surface area contributed by atoms with Crippen molar-refractivity contribution < 1.29 is 9.90 Å². The summed E-state index contributed by atoms with van der Waals surface area (Å²) in [6.45, 7) is 0. The summed E-state index contributed by atoms with van der Waals surface area (Å²) in [5, 5.41) is 19.9. The number of allylic oxidation sites excluding steroid dienone is 1. The summed E-state index contributed by atoms with van der Waals surface area (Å²) in [7, 11) is 0. The van der Waals surface area contributed by atoms with Gasteiger partial charge < -0.3 is 10.4 Å². The smallest absolute Gasteiger partial charge is 0.404 e. The zero-order valence-electron chi connectivity index (χ0n) is 8.31. The van der Waals surface area contributed by atoms with Crippen LogP contribution in [-0.4, -0.2) is 27.4 Å². The highest BCUT2D eigenvalue weighted by Crippen LogP contribution is 2.30. The van der Waals surface area contributed by atoms with Gasteiger partial charge in [-0.3, -0.25) is 0 Å². The maximum atomic E-state index is 10.5. The molecule has 2 rings (SSSR count). The Hall–Kier alpha value is -0.950. The van der Waals surface area contributed by atoms with E-state index in [2.05, 4.69) is 31.4 Å². The van der Waals surface area contributed by atoms with Gasteiger partial charge in [0.15, 0.2) is 3.92 Å². The molecule has 1 heterocycles. The summed E-state index contributed by atoms with van der Waals surface area (Å²) < 4.78 is 0.772. The van der Waals surface area contributed by atoms with Crippen molar-refractivity contribution in [3.8, 4) is 0 Å². The summed E-state index contributed by atoms with van der Waals surface area (Å²) in [5.41, 5.74) is 1.16. The molecule has 0 saturated heterocycles. The number of aromatic nitrogens is 2. The SMILES string of the molecule is O=C(O)NC1CC=C(c2nnc(Br)s2)CC1. The molecule has 1 amide bonds. The third kappa shape index (κ3) is 2.79. The van der Waals surface area contributed by atoms with Crippen molar-refractivity contribution >= 4 is 38.9 Å². The Bertz CT molecular complexity index is 432. The first-order valence-electron chi connectivity index (χ1n) is 4.83. The number of amides is 1. The second-order valence-electron chi connectivity index (χ2n) is 3.51. The molecule has 5 nitrogen and oxygen atoms in total. The molecule has 86 valence electrons. The number of halogens is 1. The van der Waals surface area contributed by atoms with Crippen molar-refractivity contribution in [1.82, 2.24) is 15.5 Å². The molecule has 0 aromatic carbocycles. The minimum atomic E-state index is -0.958. The minimum absolute atomic E-state index is 0.0256. The number of carbonyl (C=O) groups is 1. The van der Waals surface area contributed by atoms with E-state index < -0.39 is 6.09 Å².